The molecule has 0 saturated carbocycles. The SMILES string of the molecule is C[C@H]1CN2C(=O)[C@H](c3ccccc3)NC(=O)[C@H]2C[C@@]1(C)c1cccc(O)c1. The van der Waals surface area contributed by atoms with Gasteiger partial charge in [0.15, 0.2) is 0 Å². The van der Waals surface area contributed by atoms with Gasteiger partial charge in [0, 0.05) is 6.54 Å². The van der Waals surface area contributed by atoms with E-state index in [1.807, 2.05) is 42.5 Å². The Kier molecular flexibility index (Phi) is 4.17. The van der Waals surface area contributed by atoms with Gasteiger partial charge in [0.2, 0.25) is 11.8 Å². The average Bonchev–Trinajstić information content (AvgIpc) is 2.67. The molecular weight excluding hydrogens is 340 g/mol. The number of hydrogen-bond acceptors (Lipinski definition) is 3. The van der Waals surface area contributed by atoms with Gasteiger partial charge >= 0.3 is 0 Å². The third-order valence-electron chi connectivity index (χ3n) is 6.31. The lowest BCUT2D eigenvalue weighted by atomic mass is 9.65. The molecule has 5 heteroatoms. The van der Waals surface area contributed by atoms with E-state index in [2.05, 4.69) is 19.2 Å². The van der Waals surface area contributed by atoms with Gasteiger partial charge in [-0.2, -0.15) is 0 Å². The second kappa shape index (κ2) is 6.41. The van der Waals surface area contributed by atoms with E-state index < -0.39 is 12.1 Å². The van der Waals surface area contributed by atoms with Crippen LogP contribution in [0.1, 0.15) is 37.4 Å². The normalized spacial score (nSPS) is 30.6. The van der Waals surface area contributed by atoms with Crippen molar-refractivity contribution in [2.75, 3.05) is 6.54 Å². The van der Waals surface area contributed by atoms with Gasteiger partial charge in [-0.15, -0.1) is 0 Å². The van der Waals surface area contributed by atoms with Crippen molar-refractivity contribution in [1.29, 1.82) is 0 Å². The van der Waals surface area contributed by atoms with Gasteiger partial charge in [-0.1, -0.05) is 56.3 Å². The number of hydrogen-bond donors (Lipinski definition) is 2. The van der Waals surface area contributed by atoms with Gasteiger partial charge in [-0.05, 0) is 41.0 Å². The van der Waals surface area contributed by atoms with Gasteiger partial charge in [0.1, 0.15) is 17.8 Å². The fourth-order valence-corrected chi connectivity index (χ4v) is 4.42. The van der Waals surface area contributed by atoms with Gasteiger partial charge in [0.05, 0.1) is 0 Å². The van der Waals surface area contributed by atoms with Crippen molar-refractivity contribution < 1.29 is 14.7 Å². The lowest BCUT2D eigenvalue weighted by Crippen LogP contribution is -2.65. The first-order chi connectivity index (χ1) is 12.9. The predicted molar refractivity (Wildman–Crippen MR) is 102 cm³/mol. The van der Waals surface area contributed by atoms with Crippen LogP contribution >= 0.6 is 0 Å². The Hall–Kier alpha value is -2.82. The van der Waals surface area contributed by atoms with Crippen molar-refractivity contribution in [2.45, 2.75) is 37.8 Å². The summed E-state index contributed by atoms with van der Waals surface area (Å²) in [6.07, 6.45) is 0.538. The Morgan fingerprint density at radius 1 is 1.11 bits per heavy atom. The van der Waals surface area contributed by atoms with Crippen LogP contribution in [0.5, 0.6) is 5.75 Å². The maximum Gasteiger partial charge on any atom is 0.250 e. The Morgan fingerprint density at radius 3 is 2.56 bits per heavy atom. The van der Waals surface area contributed by atoms with E-state index in [1.165, 1.54) is 0 Å². The molecule has 2 fully saturated rings. The number of aromatic hydroxyl groups is 1. The van der Waals surface area contributed by atoms with Crippen LogP contribution in [-0.4, -0.2) is 34.4 Å². The first-order valence-corrected chi connectivity index (χ1v) is 9.35. The third-order valence-corrected chi connectivity index (χ3v) is 6.31. The molecule has 2 aliphatic rings. The molecule has 4 rings (SSSR count). The molecule has 2 aromatic rings. The Bertz CT molecular complexity index is 882. The van der Waals surface area contributed by atoms with Crippen LogP contribution in [0.15, 0.2) is 54.6 Å². The lowest BCUT2D eigenvalue weighted by Gasteiger charge is -2.51. The molecule has 0 aromatic heterocycles. The summed E-state index contributed by atoms with van der Waals surface area (Å²) in [5.74, 6) is 0.218. The monoisotopic (exact) mass is 364 g/mol. The van der Waals surface area contributed by atoms with Crippen LogP contribution in [0, 0.1) is 5.92 Å². The van der Waals surface area contributed by atoms with Gasteiger partial charge in [0.25, 0.3) is 0 Å². The Labute approximate surface area is 159 Å². The molecule has 2 saturated heterocycles. The first kappa shape index (κ1) is 17.6. The summed E-state index contributed by atoms with van der Waals surface area (Å²) in [5, 5.41) is 12.8. The fourth-order valence-electron chi connectivity index (χ4n) is 4.42. The Balaban J connectivity index is 1.65. The molecule has 4 atom stereocenters. The summed E-state index contributed by atoms with van der Waals surface area (Å²) in [5.41, 5.74) is 1.51. The number of phenolic OH excluding ortho intramolecular Hbond substituents is 1. The second-order valence-electron chi connectivity index (χ2n) is 7.93. The molecular formula is C22H24N2O3. The number of fused-ring (bicyclic) bond motifs is 1. The standard InChI is InChI=1S/C22H24N2O3/c1-14-13-24-18(12-22(14,2)16-9-6-10-17(25)11-16)20(26)23-19(21(24)27)15-7-4-3-5-8-15/h3-11,14,18-19,25H,12-13H2,1-2H3,(H,23,26)/t14-,18+,19-,22+/m0/s1. The molecule has 140 valence electrons. The zero-order valence-corrected chi connectivity index (χ0v) is 15.6. The zero-order valence-electron chi connectivity index (χ0n) is 15.6. The molecule has 27 heavy (non-hydrogen) atoms. The van der Waals surface area contributed by atoms with Crippen molar-refractivity contribution in [1.82, 2.24) is 10.2 Å². The highest BCUT2D eigenvalue weighted by Crippen LogP contribution is 2.44. The van der Waals surface area contributed by atoms with Crippen LogP contribution in [-0.2, 0) is 15.0 Å². The Morgan fingerprint density at radius 2 is 1.85 bits per heavy atom. The summed E-state index contributed by atoms with van der Waals surface area (Å²) < 4.78 is 0. The average molecular weight is 364 g/mol. The van der Waals surface area contributed by atoms with Crippen LogP contribution in [0.4, 0.5) is 0 Å². The number of amides is 2. The van der Waals surface area contributed by atoms with Gasteiger partial charge < -0.3 is 15.3 Å². The quantitative estimate of drug-likeness (QED) is 0.861. The summed E-state index contributed by atoms with van der Waals surface area (Å²) in [7, 11) is 0. The van der Waals surface area contributed by atoms with Crippen molar-refractivity contribution in [3.8, 4) is 5.75 Å². The second-order valence-corrected chi connectivity index (χ2v) is 7.93. The molecule has 2 heterocycles. The minimum absolute atomic E-state index is 0.0457. The first-order valence-electron chi connectivity index (χ1n) is 9.35. The number of carbonyl (C=O) groups is 2. The number of phenols is 1. The molecule has 2 aliphatic heterocycles. The fraction of sp³-hybridized carbons (Fsp3) is 0.364. The molecule has 0 spiro atoms. The summed E-state index contributed by atoms with van der Waals surface area (Å²) in [6, 6.07) is 15.5. The topological polar surface area (TPSA) is 69.6 Å². The minimum Gasteiger partial charge on any atom is -0.508 e. The highest BCUT2D eigenvalue weighted by atomic mass is 16.3. The van der Waals surface area contributed by atoms with Crippen molar-refractivity contribution in [3.05, 3.63) is 65.7 Å². The van der Waals surface area contributed by atoms with Crippen molar-refractivity contribution >= 4 is 11.8 Å². The van der Waals surface area contributed by atoms with Gasteiger partial charge in [-0.3, -0.25) is 9.59 Å². The van der Waals surface area contributed by atoms with E-state index in [0.29, 0.717) is 13.0 Å². The number of nitrogens with one attached hydrogen (secondary N) is 1. The maximum absolute atomic E-state index is 13.1. The number of rotatable bonds is 2. The summed E-state index contributed by atoms with van der Waals surface area (Å²) >= 11 is 0. The van der Waals surface area contributed by atoms with E-state index in [4.69, 9.17) is 0 Å². The third kappa shape index (κ3) is 2.87. The van der Waals surface area contributed by atoms with Crippen LogP contribution in [0.3, 0.4) is 0 Å². The zero-order chi connectivity index (χ0) is 19.2. The van der Waals surface area contributed by atoms with Crippen molar-refractivity contribution in [3.63, 3.8) is 0 Å². The molecule has 0 aliphatic carbocycles. The van der Waals surface area contributed by atoms with Gasteiger partial charge in [-0.25, -0.2) is 0 Å². The van der Waals surface area contributed by atoms with Crippen LogP contribution < -0.4 is 5.32 Å². The molecule has 0 radical (unpaired) electrons. The van der Waals surface area contributed by atoms with E-state index in [-0.39, 0.29) is 28.9 Å². The molecule has 0 bridgehead atoms. The molecule has 0 unspecified atom stereocenters. The highest BCUT2D eigenvalue weighted by molar-refractivity contribution is 5.97. The van der Waals surface area contributed by atoms with Crippen molar-refractivity contribution in [2.24, 2.45) is 5.92 Å². The molecule has 2 N–H and O–H groups in total. The number of nitrogens with zero attached hydrogens (tertiary/aromatic N) is 1. The molecule has 2 amide bonds. The van der Waals surface area contributed by atoms with E-state index in [9.17, 15) is 14.7 Å². The number of carbonyl (C=O) groups excluding carboxylic acids is 2. The number of piperazine rings is 1. The molecule has 2 aromatic carbocycles. The maximum atomic E-state index is 13.1. The smallest absolute Gasteiger partial charge is 0.250 e. The summed E-state index contributed by atoms with van der Waals surface area (Å²) in [4.78, 5) is 27.8. The minimum atomic E-state index is -0.618. The van der Waals surface area contributed by atoms with Crippen LogP contribution in [0.2, 0.25) is 0 Å². The molecule has 5 nitrogen and oxygen atoms in total. The predicted octanol–water partition coefficient (Wildman–Crippen LogP) is 2.76. The van der Waals surface area contributed by atoms with E-state index >= 15 is 0 Å². The van der Waals surface area contributed by atoms with E-state index in [0.717, 1.165) is 11.1 Å². The lowest BCUT2D eigenvalue weighted by molar-refractivity contribution is -0.154. The summed E-state index contributed by atoms with van der Waals surface area (Å²) in [6.45, 7) is 4.74. The van der Waals surface area contributed by atoms with E-state index in [1.54, 1.807) is 17.0 Å². The van der Waals surface area contributed by atoms with Crippen LogP contribution in [0.25, 0.3) is 0 Å². The largest absolute Gasteiger partial charge is 0.508 e. The number of benzene rings is 2. The highest BCUT2D eigenvalue weighted by Gasteiger charge is 2.50. The number of piperidine rings is 1.